The van der Waals surface area contributed by atoms with Gasteiger partial charge in [0.05, 0.1) is 17.5 Å². The zero-order valence-electron chi connectivity index (χ0n) is 18.0. The topological polar surface area (TPSA) is 66.8 Å². The van der Waals surface area contributed by atoms with Crippen LogP contribution in [0.3, 0.4) is 0 Å². The lowest BCUT2D eigenvalue weighted by Crippen LogP contribution is -2.45. The van der Waals surface area contributed by atoms with Gasteiger partial charge in [-0.05, 0) is 30.6 Å². The van der Waals surface area contributed by atoms with Crippen molar-refractivity contribution >= 4 is 21.6 Å². The molecule has 162 valence electrons. The quantitative estimate of drug-likeness (QED) is 0.683. The fourth-order valence-corrected chi connectivity index (χ4v) is 8.92. The second-order valence-corrected chi connectivity index (χ2v) is 11.6. The molecule has 5 rings (SSSR count). The minimum absolute atomic E-state index is 0.0533. The van der Waals surface area contributed by atoms with Crippen molar-refractivity contribution in [1.82, 2.24) is 4.31 Å². The number of sulfonamides is 1. The van der Waals surface area contributed by atoms with E-state index in [-0.39, 0.29) is 29.2 Å². The highest BCUT2D eigenvalue weighted by molar-refractivity contribution is 7.90. The largest absolute Gasteiger partial charge is 0.274 e. The molecule has 0 aromatic heterocycles. The monoisotopic (exact) mass is 436 g/mol. The van der Waals surface area contributed by atoms with Crippen LogP contribution in [0.5, 0.6) is 0 Å². The van der Waals surface area contributed by atoms with E-state index in [0.717, 1.165) is 30.4 Å². The number of fused-ring (bicyclic) bond motifs is 1. The first-order valence-corrected chi connectivity index (χ1v) is 12.6. The molecule has 1 saturated heterocycles. The van der Waals surface area contributed by atoms with Crippen molar-refractivity contribution in [1.29, 1.82) is 0 Å². The van der Waals surface area contributed by atoms with Crippen LogP contribution in [0.25, 0.3) is 0 Å². The summed E-state index contributed by atoms with van der Waals surface area (Å²) in [5.41, 5.74) is 2.15. The number of nitrogens with zero attached hydrogens (tertiary/aromatic N) is 2. The van der Waals surface area contributed by atoms with E-state index in [9.17, 15) is 13.2 Å². The minimum Gasteiger partial charge on any atom is -0.274 e. The Balaban J connectivity index is 1.47. The highest BCUT2D eigenvalue weighted by Crippen LogP contribution is 2.69. The zero-order chi connectivity index (χ0) is 21.9. The van der Waals surface area contributed by atoms with Gasteiger partial charge in [-0.25, -0.2) is 12.7 Å². The van der Waals surface area contributed by atoms with Gasteiger partial charge in [-0.1, -0.05) is 74.5 Å². The van der Waals surface area contributed by atoms with Crippen LogP contribution < -0.4 is 0 Å². The predicted octanol–water partition coefficient (Wildman–Crippen LogP) is 3.89. The highest BCUT2D eigenvalue weighted by atomic mass is 32.2. The van der Waals surface area contributed by atoms with Gasteiger partial charge in [0.1, 0.15) is 6.54 Å². The second-order valence-electron chi connectivity index (χ2n) is 9.71. The average Bonchev–Trinajstić information content (AvgIpc) is 3.23. The molecule has 0 N–H and O–H groups in total. The summed E-state index contributed by atoms with van der Waals surface area (Å²) in [7, 11) is -3.62. The summed E-state index contributed by atoms with van der Waals surface area (Å²) >= 11 is 0. The number of hydrogen-bond acceptors (Lipinski definition) is 4. The molecule has 1 aliphatic heterocycles. The molecule has 2 aromatic rings. The van der Waals surface area contributed by atoms with Crippen molar-refractivity contribution in [2.24, 2.45) is 21.7 Å². The van der Waals surface area contributed by atoms with E-state index in [2.05, 4.69) is 18.8 Å². The Morgan fingerprint density at radius 2 is 1.61 bits per heavy atom. The molecule has 1 spiro atoms. The van der Waals surface area contributed by atoms with Gasteiger partial charge >= 0.3 is 0 Å². The van der Waals surface area contributed by atoms with Crippen LogP contribution in [0.1, 0.15) is 44.2 Å². The Morgan fingerprint density at radius 1 is 1.03 bits per heavy atom. The maximum atomic E-state index is 13.3. The van der Waals surface area contributed by atoms with Gasteiger partial charge < -0.3 is 0 Å². The van der Waals surface area contributed by atoms with Gasteiger partial charge in [0, 0.05) is 16.5 Å². The van der Waals surface area contributed by atoms with Crippen molar-refractivity contribution in [2.75, 3.05) is 12.3 Å². The number of amides is 1. The minimum atomic E-state index is -3.62. The van der Waals surface area contributed by atoms with Gasteiger partial charge in [-0.2, -0.15) is 0 Å². The first-order valence-electron chi connectivity index (χ1n) is 11.0. The number of rotatable bonds is 4. The van der Waals surface area contributed by atoms with Crippen molar-refractivity contribution < 1.29 is 13.2 Å². The van der Waals surface area contributed by atoms with Crippen LogP contribution in [0, 0.1) is 16.7 Å². The maximum Gasteiger partial charge on any atom is 0.257 e. The summed E-state index contributed by atoms with van der Waals surface area (Å²) in [5.74, 6) is 0.166. The highest BCUT2D eigenvalue weighted by Gasteiger charge is 2.72. The fourth-order valence-electron chi connectivity index (χ4n) is 6.37. The Bertz CT molecular complexity index is 1100. The summed E-state index contributed by atoms with van der Waals surface area (Å²) in [6, 6.07) is 19.2. The molecule has 2 saturated carbocycles. The normalized spacial score (nSPS) is 29.5. The Hall–Kier alpha value is -2.47. The Kier molecular flexibility index (Phi) is 4.63. The Labute approximate surface area is 184 Å². The molecule has 3 aliphatic rings. The van der Waals surface area contributed by atoms with Gasteiger partial charge in [0.25, 0.3) is 5.91 Å². The standard InChI is InChI=1S/C25H28N2O3S/c1-24(2)20-13-14-25(24)17-31(29,30)27(21(25)15-20)22(28)16-26-23(18-9-5-3-6-10-18)19-11-7-4-8-12-19/h3-12,20-21H,13-17H2,1-2H3/t20-,21?,25?/m1/s1. The van der Waals surface area contributed by atoms with E-state index < -0.39 is 15.9 Å². The van der Waals surface area contributed by atoms with E-state index in [1.54, 1.807) is 0 Å². The molecule has 2 bridgehead atoms. The SMILES string of the molecule is CC1(C)[C@@H]2CCC13CS(=O)(=O)N(C(=O)CN=C(c1ccccc1)c1ccccc1)C3C2. The second kappa shape index (κ2) is 7.02. The van der Waals surface area contributed by atoms with Crippen LogP contribution in [0.2, 0.25) is 0 Å². The molecule has 1 amide bonds. The number of benzene rings is 2. The Morgan fingerprint density at radius 3 is 2.16 bits per heavy atom. The third-order valence-corrected chi connectivity index (χ3v) is 10.1. The number of hydrogen-bond donors (Lipinski definition) is 0. The third-order valence-electron chi connectivity index (χ3n) is 8.12. The van der Waals surface area contributed by atoms with Crippen molar-refractivity contribution in [3.63, 3.8) is 0 Å². The van der Waals surface area contributed by atoms with E-state index >= 15 is 0 Å². The van der Waals surface area contributed by atoms with Gasteiger partial charge in [0.2, 0.25) is 10.0 Å². The average molecular weight is 437 g/mol. The van der Waals surface area contributed by atoms with Crippen LogP contribution in [-0.2, 0) is 14.8 Å². The molecule has 3 atom stereocenters. The van der Waals surface area contributed by atoms with Crippen LogP contribution in [-0.4, -0.2) is 42.7 Å². The summed E-state index contributed by atoms with van der Waals surface area (Å²) in [6.45, 7) is 4.21. The molecule has 2 unspecified atom stereocenters. The number of carbonyl (C=O) groups is 1. The molecular formula is C25H28N2O3S. The van der Waals surface area contributed by atoms with E-state index in [4.69, 9.17) is 0 Å². The molecule has 31 heavy (non-hydrogen) atoms. The first-order chi connectivity index (χ1) is 14.8. The van der Waals surface area contributed by atoms with Gasteiger partial charge in [-0.3, -0.25) is 9.79 Å². The van der Waals surface area contributed by atoms with Crippen molar-refractivity contribution in [3.05, 3.63) is 71.8 Å². The van der Waals surface area contributed by atoms with E-state index in [0.29, 0.717) is 11.6 Å². The summed E-state index contributed by atoms with van der Waals surface area (Å²) in [6.07, 6.45) is 2.73. The predicted molar refractivity (Wildman–Crippen MR) is 121 cm³/mol. The number of carbonyl (C=O) groups excluding carboxylic acids is 1. The van der Waals surface area contributed by atoms with E-state index in [1.807, 2.05) is 60.7 Å². The molecule has 2 aliphatic carbocycles. The third kappa shape index (κ3) is 2.99. The van der Waals surface area contributed by atoms with Crippen LogP contribution in [0.4, 0.5) is 0 Å². The van der Waals surface area contributed by atoms with Gasteiger partial charge in [-0.15, -0.1) is 0 Å². The smallest absolute Gasteiger partial charge is 0.257 e. The molecule has 2 aromatic carbocycles. The van der Waals surface area contributed by atoms with Crippen molar-refractivity contribution in [3.8, 4) is 0 Å². The first kappa shape index (κ1) is 20.4. The summed E-state index contributed by atoms with van der Waals surface area (Å²) in [4.78, 5) is 17.9. The maximum absolute atomic E-state index is 13.3. The fraction of sp³-hybridized carbons (Fsp3) is 0.440. The molecule has 0 radical (unpaired) electrons. The lowest BCUT2D eigenvalue weighted by atomic mass is 9.69. The molecule has 5 nitrogen and oxygen atoms in total. The van der Waals surface area contributed by atoms with Crippen LogP contribution >= 0.6 is 0 Å². The molecule has 3 fully saturated rings. The van der Waals surface area contributed by atoms with Gasteiger partial charge in [0.15, 0.2) is 0 Å². The summed E-state index contributed by atoms with van der Waals surface area (Å²) in [5, 5.41) is 0. The van der Waals surface area contributed by atoms with Crippen molar-refractivity contribution in [2.45, 2.75) is 39.2 Å². The molecular weight excluding hydrogens is 408 g/mol. The molecule has 6 heteroatoms. The van der Waals surface area contributed by atoms with Crippen LogP contribution in [0.15, 0.2) is 65.7 Å². The lowest BCUT2D eigenvalue weighted by molar-refractivity contribution is -0.127. The lowest BCUT2D eigenvalue weighted by Gasteiger charge is -2.37. The zero-order valence-corrected chi connectivity index (χ0v) is 18.8. The van der Waals surface area contributed by atoms with E-state index in [1.165, 1.54) is 4.31 Å². The summed E-state index contributed by atoms with van der Waals surface area (Å²) < 4.78 is 27.5. The molecule has 1 heterocycles. The number of aliphatic imine (C=N–C) groups is 1.